The van der Waals surface area contributed by atoms with Gasteiger partial charge in [0.1, 0.15) is 17.2 Å². The van der Waals surface area contributed by atoms with Crippen LogP contribution >= 0.6 is 0 Å². The summed E-state index contributed by atoms with van der Waals surface area (Å²) in [6.07, 6.45) is 0.458. The summed E-state index contributed by atoms with van der Waals surface area (Å²) in [6.45, 7) is 0.312. The lowest BCUT2D eigenvalue weighted by atomic mass is 9.85. The van der Waals surface area contributed by atoms with E-state index in [1.54, 1.807) is 38.0 Å². The zero-order chi connectivity index (χ0) is 31.5. The second kappa shape index (κ2) is 12.5. The zero-order valence-corrected chi connectivity index (χ0v) is 25.3. The lowest BCUT2D eigenvalue weighted by molar-refractivity contribution is 0.252. The number of aromatic hydroxyl groups is 1. The van der Waals surface area contributed by atoms with Crippen molar-refractivity contribution >= 4 is 33.5 Å². The Balaban J connectivity index is 1.44. The minimum atomic E-state index is -0.649. The van der Waals surface area contributed by atoms with Gasteiger partial charge in [-0.1, -0.05) is 54.6 Å². The van der Waals surface area contributed by atoms with Gasteiger partial charge in [-0.05, 0) is 60.0 Å². The van der Waals surface area contributed by atoms with Crippen molar-refractivity contribution in [2.24, 2.45) is 7.05 Å². The molecule has 2 amide bonds. The van der Waals surface area contributed by atoms with Crippen LogP contribution in [0.15, 0.2) is 102 Å². The molecule has 0 spiro atoms. The van der Waals surface area contributed by atoms with E-state index in [9.17, 15) is 14.7 Å². The minimum absolute atomic E-state index is 0.0616. The number of benzene rings is 4. The lowest BCUT2D eigenvalue weighted by Gasteiger charge is -2.22. The quantitative estimate of drug-likeness (QED) is 0.155. The summed E-state index contributed by atoms with van der Waals surface area (Å²) < 4.78 is 12.3. The van der Waals surface area contributed by atoms with E-state index >= 15 is 0 Å². The van der Waals surface area contributed by atoms with Crippen molar-refractivity contribution < 1.29 is 19.4 Å². The molecule has 0 aliphatic heterocycles. The molecule has 1 unspecified atom stereocenters. The van der Waals surface area contributed by atoms with Crippen molar-refractivity contribution in [1.29, 1.82) is 0 Å². The van der Waals surface area contributed by atoms with Gasteiger partial charge in [-0.15, -0.1) is 0 Å². The number of nitrogens with one attached hydrogen (secondary N) is 3. The number of H-pyrrole nitrogens is 1. The van der Waals surface area contributed by atoms with E-state index in [4.69, 9.17) is 9.47 Å². The summed E-state index contributed by atoms with van der Waals surface area (Å²) in [5.41, 5.74) is 4.54. The first kappa shape index (κ1) is 29.4. The molecule has 6 aromatic rings. The Hall–Kier alpha value is -5.70. The van der Waals surface area contributed by atoms with E-state index in [0.29, 0.717) is 41.1 Å². The SMILES string of the molecule is COc1ccc(C(c2[nH]c3ccccc3c2CCNC(=O)Nc2ccccc2OC)c2c(O)c3ccccc3n(C)c2=O)cc1. The maximum atomic E-state index is 14.1. The van der Waals surface area contributed by atoms with Crippen molar-refractivity contribution in [2.45, 2.75) is 12.3 Å². The van der Waals surface area contributed by atoms with E-state index in [2.05, 4.69) is 15.6 Å². The first-order valence-electron chi connectivity index (χ1n) is 14.6. The monoisotopic (exact) mass is 602 g/mol. The molecule has 4 aromatic carbocycles. The zero-order valence-electron chi connectivity index (χ0n) is 25.3. The molecular formula is C36H34N4O5. The molecule has 2 aromatic heterocycles. The van der Waals surface area contributed by atoms with Gasteiger partial charge in [0, 0.05) is 35.6 Å². The van der Waals surface area contributed by atoms with Crippen molar-refractivity contribution in [1.82, 2.24) is 14.9 Å². The summed E-state index contributed by atoms with van der Waals surface area (Å²) in [5.74, 6) is 0.526. The van der Waals surface area contributed by atoms with E-state index in [-0.39, 0.29) is 22.9 Å². The molecule has 1 atom stereocenters. The molecule has 0 fully saturated rings. The summed E-state index contributed by atoms with van der Waals surface area (Å²) in [6, 6.07) is 29.6. The highest BCUT2D eigenvalue weighted by Gasteiger charge is 2.30. The van der Waals surface area contributed by atoms with Gasteiger partial charge in [-0.2, -0.15) is 0 Å². The van der Waals surface area contributed by atoms with Gasteiger partial charge in [0.2, 0.25) is 0 Å². The first-order chi connectivity index (χ1) is 21.9. The molecule has 6 rings (SSSR count). The Kier molecular flexibility index (Phi) is 8.16. The van der Waals surface area contributed by atoms with Gasteiger partial charge in [-0.3, -0.25) is 4.79 Å². The van der Waals surface area contributed by atoms with Gasteiger partial charge in [0.25, 0.3) is 5.56 Å². The normalized spacial score (nSPS) is 11.8. The van der Waals surface area contributed by atoms with Crippen LogP contribution < -0.4 is 25.7 Å². The number of pyridine rings is 1. The molecule has 0 saturated carbocycles. The number of aromatic amines is 1. The first-order valence-corrected chi connectivity index (χ1v) is 14.6. The number of urea groups is 1. The summed E-state index contributed by atoms with van der Waals surface area (Å²) in [4.78, 5) is 30.5. The van der Waals surface area contributed by atoms with Crippen LogP contribution in [0.5, 0.6) is 17.2 Å². The Bertz CT molecular complexity index is 2060. The Morgan fingerprint density at radius 2 is 1.58 bits per heavy atom. The number of aromatic nitrogens is 2. The molecule has 9 heteroatoms. The van der Waals surface area contributed by atoms with E-state index in [0.717, 1.165) is 27.7 Å². The van der Waals surface area contributed by atoms with E-state index in [1.165, 1.54) is 0 Å². The van der Waals surface area contributed by atoms with Gasteiger partial charge in [0.15, 0.2) is 0 Å². The van der Waals surface area contributed by atoms with Crippen molar-refractivity contribution in [3.63, 3.8) is 0 Å². The Labute approximate surface area is 260 Å². The maximum Gasteiger partial charge on any atom is 0.319 e. The van der Waals surface area contributed by atoms with Crippen LogP contribution in [0.25, 0.3) is 21.8 Å². The molecule has 0 bridgehead atoms. The van der Waals surface area contributed by atoms with Crippen LogP contribution in [0.2, 0.25) is 0 Å². The number of rotatable bonds is 9. The molecule has 45 heavy (non-hydrogen) atoms. The highest BCUT2D eigenvalue weighted by Crippen LogP contribution is 2.41. The van der Waals surface area contributed by atoms with Gasteiger partial charge < -0.3 is 34.8 Å². The number of nitrogens with zero attached hydrogens (tertiary/aromatic N) is 1. The fourth-order valence-corrected chi connectivity index (χ4v) is 5.99. The summed E-state index contributed by atoms with van der Waals surface area (Å²) in [7, 11) is 4.87. The largest absolute Gasteiger partial charge is 0.507 e. The van der Waals surface area contributed by atoms with Crippen LogP contribution in [0.1, 0.15) is 28.3 Å². The number of aryl methyl sites for hydroxylation is 1. The topological polar surface area (TPSA) is 118 Å². The Morgan fingerprint density at radius 1 is 0.889 bits per heavy atom. The second-order valence-corrected chi connectivity index (χ2v) is 10.7. The molecule has 228 valence electrons. The van der Waals surface area contributed by atoms with Gasteiger partial charge >= 0.3 is 6.03 Å². The number of hydrogen-bond acceptors (Lipinski definition) is 5. The number of methoxy groups -OCH3 is 2. The number of fused-ring (bicyclic) bond motifs is 2. The molecule has 9 nitrogen and oxygen atoms in total. The molecule has 0 aliphatic carbocycles. The fraction of sp³-hybridized carbons (Fsp3) is 0.167. The highest BCUT2D eigenvalue weighted by molar-refractivity contribution is 5.91. The fourth-order valence-electron chi connectivity index (χ4n) is 5.99. The third-order valence-electron chi connectivity index (χ3n) is 8.20. The number of hydrogen-bond donors (Lipinski definition) is 4. The number of para-hydroxylation sites is 4. The smallest absolute Gasteiger partial charge is 0.319 e. The van der Waals surface area contributed by atoms with Crippen molar-refractivity contribution in [2.75, 3.05) is 26.1 Å². The average molecular weight is 603 g/mol. The second-order valence-electron chi connectivity index (χ2n) is 10.7. The molecule has 0 radical (unpaired) electrons. The standard InChI is InChI=1S/C36H34N4O5/c1-40-29-14-8-5-11-26(29)34(41)32(35(40)42)31(22-16-18-23(44-2)19-17-22)33-25(24-10-4-6-12-27(24)38-33)20-21-37-36(43)39-28-13-7-9-15-30(28)45-3/h4-19,31,38,41H,20-21H2,1-3H3,(H2,37,39,43). The number of carbonyl (C=O) groups is 1. The number of amides is 2. The predicted molar refractivity (Wildman–Crippen MR) is 177 cm³/mol. The van der Waals surface area contributed by atoms with Crippen molar-refractivity contribution in [3.8, 4) is 17.2 Å². The molecule has 0 aliphatic rings. The predicted octanol–water partition coefficient (Wildman–Crippen LogP) is 6.29. The van der Waals surface area contributed by atoms with Crippen molar-refractivity contribution in [3.05, 3.63) is 130 Å². The number of ether oxygens (including phenoxy) is 2. The van der Waals surface area contributed by atoms with Crippen LogP contribution in [0.3, 0.4) is 0 Å². The van der Waals surface area contributed by atoms with Crippen LogP contribution in [-0.4, -0.2) is 41.5 Å². The van der Waals surface area contributed by atoms with Crippen LogP contribution in [-0.2, 0) is 13.5 Å². The third-order valence-corrected chi connectivity index (χ3v) is 8.20. The molecule has 4 N–H and O–H groups in total. The molecular weight excluding hydrogens is 568 g/mol. The van der Waals surface area contributed by atoms with Crippen LogP contribution in [0.4, 0.5) is 10.5 Å². The number of anilines is 1. The third kappa shape index (κ3) is 5.56. The molecule has 2 heterocycles. The minimum Gasteiger partial charge on any atom is -0.507 e. The van der Waals surface area contributed by atoms with Crippen LogP contribution in [0, 0.1) is 0 Å². The average Bonchev–Trinajstić information content (AvgIpc) is 3.43. The summed E-state index contributed by atoms with van der Waals surface area (Å²) >= 11 is 0. The number of carbonyl (C=O) groups excluding carboxylic acids is 1. The Morgan fingerprint density at radius 3 is 2.33 bits per heavy atom. The summed E-state index contributed by atoms with van der Waals surface area (Å²) in [5, 5.41) is 19.1. The highest BCUT2D eigenvalue weighted by atomic mass is 16.5. The molecule has 0 saturated heterocycles. The lowest BCUT2D eigenvalue weighted by Crippen LogP contribution is -2.31. The van der Waals surface area contributed by atoms with Gasteiger partial charge in [0.05, 0.1) is 36.9 Å². The van der Waals surface area contributed by atoms with E-state index < -0.39 is 5.92 Å². The van der Waals surface area contributed by atoms with E-state index in [1.807, 2.05) is 84.9 Å². The van der Waals surface area contributed by atoms with Gasteiger partial charge in [-0.25, -0.2) is 4.79 Å². The maximum absolute atomic E-state index is 14.1.